The quantitative estimate of drug-likeness (QED) is 0.570. The summed E-state index contributed by atoms with van der Waals surface area (Å²) in [5.74, 6) is 2.37. The van der Waals surface area contributed by atoms with Crippen LogP contribution in [0.5, 0.6) is 0 Å². The summed E-state index contributed by atoms with van der Waals surface area (Å²) in [6.45, 7) is 10.4. The summed E-state index contributed by atoms with van der Waals surface area (Å²) in [5, 5.41) is 0. The van der Waals surface area contributed by atoms with Crippen LogP contribution in [0.2, 0.25) is 0 Å². The lowest BCUT2D eigenvalue weighted by atomic mass is 10.0. The van der Waals surface area contributed by atoms with Crippen molar-refractivity contribution in [1.82, 2.24) is 0 Å². The van der Waals surface area contributed by atoms with Crippen molar-refractivity contribution in [1.29, 1.82) is 0 Å². The minimum absolute atomic E-state index is 0.0190. The van der Waals surface area contributed by atoms with E-state index in [2.05, 4.69) is 45.8 Å². The van der Waals surface area contributed by atoms with Crippen LogP contribution in [-0.4, -0.2) is 12.1 Å². The largest absolute Gasteiger partial charge is 0.444 e. The molecule has 0 aliphatic heterocycles. The predicted molar refractivity (Wildman–Crippen MR) is 85.5 cm³/mol. The van der Waals surface area contributed by atoms with Crippen molar-refractivity contribution in [3.05, 3.63) is 23.3 Å². The van der Waals surface area contributed by atoms with Crippen molar-refractivity contribution >= 4 is 5.97 Å². The number of ether oxygens (including phenoxy) is 1. The van der Waals surface area contributed by atoms with Crippen LogP contribution in [-0.2, 0) is 9.53 Å². The molecule has 2 rings (SSSR count). The van der Waals surface area contributed by atoms with E-state index in [0.29, 0.717) is 0 Å². The average Bonchev–Trinajstić information content (AvgIpc) is 2.76. The highest BCUT2D eigenvalue weighted by molar-refractivity contribution is 5.79. The second-order valence-electron chi connectivity index (χ2n) is 7.42. The molecule has 0 bridgehead atoms. The monoisotopic (exact) mass is 286 g/mol. The predicted octanol–water partition coefficient (Wildman–Crippen LogP) is 4.27. The molecule has 1 unspecified atom stereocenters. The van der Waals surface area contributed by atoms with Gasteiger partial charge < -0.3 is 4.74 Å². The number of terminal acetylenes is 1. The molecule has 1 saturated carbocycles. The van der Waals surface area contributed by atoms with Gasteiger partial charge in [0.1, 0.15) is 0 Å². The summed E-state index contributed by atoms with van der Waals surface area (Å²) in [6, 6.07) is 0. The number of rotatable bonds is 4. The molecular formula is C19H26O2. The SMILES string of the molecule is C#CC(OC(=O)C1C(C)(C)C1(C)C)C(C)=CC1=CCCC1. The minimum atomic E-state index is -0.550. The van der Waals surface area contributed by atoms with Gasteiger partial charge in [-0.1, -0.05) is 51.3 Å². The Morgan fingerprint density at radius 3 is 2.48 bits per heavy atom. The van der Waals surface area contributed by atoms with Gasteiger partial charge in [0.25, 0.3) is 0 Å². The summed E-state index contributed by atoms with van der Waals surface area (Å²) >= 11 is 0. The van der Waals surface area contributed by atoms with Crippen LogP contribution in [0, 0.1) is 29.1 Å². The molecule has 0 aromatic carbocycles. The summed E-state index contributed by atoms with van der Waals surface area (Å²) < 4.78 is 5.60. The van der Waals surface area contributed by atoms with Crippen molar-refractivity contribution in [3.63, 3.8) is 0 Å². The van der Waals surface area contributed by atoms with E-state index in [-0.39, 0.29) is 22.7 Å². The van der Waals surface area contributed by atoms with E-state index in [1.165, 1.54) is 12.0 Å². The van der Waals surface area contributed by atoms with Gasteiger partial charge in [0.05, 0.1) is 5.92 Å². The van der Waals surface area contributed by atoms with Gasteiger partial charge in [-0.3, -0.25) is 4.79 Å². The van der Waals surface area contributed by atoms with Crippen molar-refractivity contribution in [2.75, 3.05) is 0 Å². The van der Waals surface area contributed by atoms with Crippen molar-refractivity contribution in [2.45, 2.75) is 60.0 Å². The molecule has 0 N–H and O–H groups in total. The molecule has 2 aliphatic carbocycles. The Bertz CT molecular complexity index is 526. The molecule has 0 aromatic heterocycles. The van der Waals surface area contributed by atoms with Gasteiger partial charge in [-0.25, -0.2) is 0 Å². The molecule has 0 heterocycles. The Balaban J connectivity index is 2.04. The van der Waals surface area contributed by atoms with Gasteiger partial charge >= 0.3 is 5.97 Å². The minimum Gasteiger partial charge on any atom is -0.444 e. The smallest absolute Gasteiger partial charge is 0.311 e. The number of hydrogen-bond donors (Lipinski definition) is 0. The van der Waals surface area contributed by atoms with Crippen LogP contribution >= 0.6 is 0 Å². The first-order chi connectivity index (χ1) is 9.71. The van der Waals surface area contributed by atoms with Crippen LogP contribution in [0.4, 0.5) is 0 Å². The highest BCUT2D eigenvalue weighted by atomic mass is 16.5. The molecule has 2 aliphatic rings. The second-order valence-corrected chi connectivity index (χ2v) is 7.42. The fraction of sp³-hybridized carbons (Fsp3) is 0.632. The van der Waals surface area contributed by atoms with E-state index in [9.17, 15) is 4.79 Å². The average molecular weight is 286 g/mol. The van der Waals surface area contributed by atoms with Crippen LogP contribution in [0.1, 0.15) is 53.9 Å². The molecule has 114 valence electrons. The third kappa shape index (κ3) is 2.79. The van der Waals surface area contributed by atoms with Gasteiger partial charge in [-0.15, -0.1) is 6.42 Å². The zero-order valence-corrected chi connectivity index (χ0v) is 13.8. The Hall–Kier alpha value is -1.49. The maximum absolute atomic E-state index is 12.4. The highest BCUT2D eigenvalue weighted by Crippen LogP contribution is 2.68. The van der Waals surface area contributed by atoms with E-state index < -0.39 is 6.10 Å². The lowest BCUT2D eigenvalue weighted by Gasteiger charge is -2.14. The first-order valence-corrected chi connectivity index (χ1v) is 7.75. The first kappa shape index (κ1) is 15.9. The van der Waals surface area contributed by atoms with E-state index in [4.69, 9.17) is 11.2 Å². The summed E-state index contributed by atoms with van der Waals surface area (Å²) in [7, 11) is 0. The Kier molecular flexibility index (Phi) is 4.06. The van der Waals surface area contributed by atoms with Crippen LogP contribution in [0.3, 0.4) is 0 Å². The molecule has 0 saturated heterocycles. The van der Waals surface area contributed by atoms with E-state index in [1.807, 2.05) is 6.92 Å². The third-order valence-electron chi connectivity index (χ3n) is 5.54. The molecule has 1 atom stereocenters. The molecule has 1 fully saturated rings. The van der Waals surface area contributed by atoms with Gasteiger partial charge in [0.2, 0.25) is 0 Å². The standard InChI is InChI=1S/C19H26O2/c1-7-15(13(2)12-14-10-8-9-11-14)21-17(20)16-18(3,4)19(16,5)6/h1,10,12,15-16H,8-9,11H2,2-6H3. The molecule has 21 heavy (non-hydrogen) atoms. The van der Waals surface area contributed by atoms with Crippen molar-refractivity contribution in [3.8, 4) is 12.3 Å². The maximum Gasteiger partial charge on any atom is 0.311 e. The number of carbonyl (C=O) groups is 1. The van der Waals surface area contributed by atoms with Crippen molar-refractivity contribution < 1.29 is 9.53 Å². The Labute approximate surface area is 128 Å². The van der Waals surface area contributed by atoms with Gasteiger partial charge in [-0.05, 0) is 42.6 Å². The van der Waals surface area contributed by atoms with E-state index >= 15 is 0 Å². The summed E-state index contributed by atoms with van der Waals surface area (Å²) in [5.41, 5.74) is 2.20. The Morgan fingerprint density at radius 1 is 1.43 bits per heavy atom. The lowest BCUT2D eigenvalue weighted by Crippen LogP contribution is -2.21. The summed E-state index contributed by atoms with van der Waals surface area (Å²) in [4.78, 5) is 12.4. The highest BCUT2D eigenvalue weighted by Gasteiger charge is 2.69. The van der Waals surface area contributed by atoms with Crippen LogP contribution < -0.4 is 0 Å². The third-order valence-corrected chi connectivity index (χ3v) is 5.54. The first-order valence-electron chi connectivity index (χ1n) is 7.75. The fourth-order valence-electron chi connectivity index (χ4n) is 3.42. The molecule has 2 heteroatoms. The van der Waals surface area contributed by atoms with Gasteiger partial charge in [0.15, 0.2) is 6.10 Å². The lowest BCUT2D eigenvalue weighted by molar-refractivity contribution is -0.148. The zero-order valence-electron chi connectivity index (χ0n) is 13.8. The number of esters is 1. The zero-order chi connectivity index (χ0) is 15.8. The second kappa shape index (κ2) is 5.37. The number of carbonyl (C=O) groups excluding carboxylic acids is 1. The molecular weight excluding hydrogens is 260 g/mol. The van der Waals surface area contributed by atoms with Crippen LogP contribution in [0.25, 0.3) is 0 Å². The van der Waals surface area contributed by atoms with Gasteiger partial charge in [0, 0.05) is 0 Å². The number of allylic oxidation sites excluding steroid dienone is 3. The normalized spacial score (nSPS) is 25.0. The molecule has 0 spiro atoms. The molecule has 0 radical (unpaired) electrons. The molecule has 0 aromatic rings. The molecule has 0 amide bonds. The maximum atomic E-state index is 12.4. The van der Waals surface area contributed by atoms with Crippen molar-refractivity contribution in [2.24, 2.45) is 16.7 Å². The van der Waals surface area contributed by atoms with Crippen LogP contribution in [0.15, 0.2) is 23.3 Å². The Morgan fingerprint density at radius 2 is 2.05 bits per heavy atom. The molecule has 2 nitrogen and oxygen atoms in total. The fourth-order valence-corrected chi connectivity index (χ4v) is 3.42. The topological polar surface area (TPSA) is 26.3 Å². The summed E-state index contributed by atoms with van der Waals surface area (Å²) in [6.07, 6.45) is 12.7. The van der Waals surface area contributed by atoms with E-state index in [1.54, 1.807) is 0 Å². The number of hydrogen-bond acceptors (Lipinski definition) is 2. The van der Waals surface area contributed by atoms with Gasteiger partial charge in [-0.2, -0.15) is 0 Å². The van der Waals surface area contributed by atoms with E-state index in [0.717, 1.165) is 18.4 Å².